The SMILES string of the molecule is COc1cc(C(N)Cc2nc(C)cs2)cc(Cl)c1OC. The Kier molecular flexibility index (Phi) is 4.86. The van der Waals surface area contributed by atoms with Crippen LogP contribution in [0.2, 0.25) is 5.02 Å². The van der Waals surface area contributed by atoms with Gasteiger partial charge < -0.3 is 15.2 Å². The Morgan fingerprint density at radius 1 is 1.35 bits per heavy atom. The van der Waals surface area contributed by atoms with Crippen LogP contribution in [0.4, 0.5) is 0 Å². The zero-order chi connectivity index (χ0) is 14.7. The topological polar surface area (TPSA) is 57.4 Å². The summed E-state index contributed by atoms with van der Waals surface area (Å²) < 4.78 is 10.5. The summed E-state index contributed by atoms with van der Waals surface area (Å²) in [6.45, 7) is 1.97. The van der Waals surface area contributed by atoms with E-state index in [1.807, 2.05) is 24.4 Å². The summed E-state index contributed by atoms with van der Waals surface area (Å²) in [7, 11) is 3.13. The van der Waals surface area contributed by atoms with E-state index in [9.17, 15) is 0 Å². The van der Waals surface area contributed by atoms with Crippen LogP contribution in [0.25, 0.3) is 0 Å². The molecule has 2 N–H and O–H groups in total. The molecule has 0 aliphatic rings. The number of aromatic nitrogens is 1. The Morgan fingerprint density at radius 2 is 2.10 bits per heavy atom. The molecule has 1 aromatic heterocycles. The van der Waals surface area contributed by atoms with Crippen molar-refractivity contribution < 1.29 is 9.47 Å². The van der Waals surface area contributed by atoms with Crippen molar-refractivity contribution in [3.63, 3.8) is 0 Å². The van der Waals surface area contributed by atoms with E-state index in [2.05, 4.69) is 4.98 Å². The van der Waals surface area contributed by atoms with Gasteiger partial charge in [0, 0.05) is 23.5 Å². The van der Waals surface area contributed by atoms with Gasteiger partial charge in [0.2, 0.25) is 0 Å². The average molecular weight is 313 g/mol. The summed E-state index contributed by atoms with van der Waals surface area (Å²) in [5, 5.41) is 3.53. The van der Waals surface area contributed by atoms with Crippen molar-refractivity contribution in [3.8, 4) is 11.5 Å². The molecule has 108 valence electrons. The van der Waals surface area contributed by atoms with Crippen LogP contribution in [0.1, 0.15) is 22.3 Å². The van der Waals surface area contributed by atoms with Crippen molar-refractivity contribution in [2.75, 3.05) is 14.2 Å². The molecule has 6 heteroatoms. The maximum absolute atomic E-state index is 6.23. The molecule has 0 saturated heterocycles. The third kappa shape index (κ3) is 3.23. The molecule has 1 aromatic carbocycles. The van der Waals surface area contributed by atoms with E-state index in [0.717, 1.165) is 16.3 Å². The largest absolute Gasteiger partial charge is 0.493 e. The second-order valence-corrected chi connectivity index (χ2v) is 5.78. The van der Waals surface area contributed by atoms with Crippen LogP contribution in [0.5, 0.6) is 11.5 Å². The van der Waals surface area contributed by atoms with Crippen molar-refractivity contribution in [2.24, 2.45) is 5.73 Å². The van der Waals surface area contributed by atoms with Crippen LogP contribution in [0.3, 0.4) is 0 Å². The van der Waals surface area contributed by atoms with Crippen molar-refractivity contribution in [1.82, 2.24) is 4.98 Å². The third-order valence-electron chi connectivity index (χ3n) is 2.95. The fourth-order valence-electron chi connectivity index (χ4n) is 1.95. The monoisotopic (exact) mass is 312 g/mol. The standard InChI is InChI=1S/C14H17ClN2O2S/c1-8-7-20-13(17-8)6-11(16)9-4-10(15)14(19-3)12(5-9)18-2/h4-5,7,11H,6,16H2,1-3H3. The minimum absolute atomic E-state index is 0.183. The minimum atomic E-state index is -0.183. The molecule has 0 bridgehead atoms. The van der Waals surface area contributed by atoms with E-state index < -0.39 is 0 Å². The lowest BCUT2D eigenvalue weighted by Gasteiger charge is -2.15. The van der Waals surface area contributed by atoms with Crippen molar-refractivity contribution in [1.29, 1.82) is 0 Å². The van der Waals surface area contributed by atoms with Crippen molar-refractivity contribution in [3.05, 3.63) is 38.8 Å². The number of nitrogens with zero attached hydrogens (tertiary/aromatic N) is 1. The summed E-state index contributed by atoms with van der Waals surface area (Å²) in [4.78, 5) is 4.42. The molecule has 0 aliphatic heterocycles. The number of halogens is 1. The lowest BCUT2D eigenvalue weighted by atomic mass is 10.0. The highest BCUT2D eigenvalue weighted by atomic mass is 35.5. The molecule has 0 aliphatic carbocycles. The molecule has 20 heavy (non-hydrogen) atoms. The Hall–Kier alpha value is -1.30. The maximum Gasteiger partial charge on any atom is 0.179 e. The molecule has 1 atom stereocenters. The quantitative estimate of drug-likeness (QED) is 0.919. The second kappa shape index (κ2) is 6.43. The van der Waals surface area contributed by atoms with E-state index in [-0.39, 0.29) is 6.04 Å². The van der Waals surface area contributed by atoms with Crippen LogP contribution < -0.4 is 15.2 Å². The molecule has 1 unspecified atom stereocenters. The van der Waals surface area contributed by atoms with Gasteiger partial charge in [0.1, 0.15) is 0 Å². The molecule has 4 nitrogen and oxygen atoms in total. The summed E-state index contributed by atoms with van der Waals surface area (Å²) in [6, 6.07) is 3.49. The van der Waals surface area contributed by atoms with Gasteiger partial charge in [-0.15, -0.1) is 11.3 Å². The number of hydrogen-bond acceptors (Lipinski definition) is 5. The molecule has 0 radical (unpaired) electrons. The lowest BCUT2D eigenvalue weighted by Crippen LogP contribution is -2.13. The first kappa shape index (κ1) is 15.1. The molecule has 0 amide bonds. The second-order valence-electron chi connectivity index (χ2n) is 4.43. The number of hydrogen-bond donors (Lipinski definition) is 1. The Balaban J connectivity index is 2.25. The highest BCUT2D eigenvalue weighted by Crippen LogP contribution is 2.37. The van der Waals surface area contributed by atoms with Crippen LogP contribution in [0.15, 0.2) is 17.5 Å². The number of ether oxygens (including phenoxy) is 2. The molecular weight excluding hydrogens is 296 g/mol. The van der Waals surface area contributed by atoms with Gasteiger partial charge in [-0.3, -0.25) is 0 Å². The highest BCUT2D eigenvalue weighted by molar-refractivity contribution is 7.09. The Morgan fingerprint density at radius 3 is 2.65 bits per heavy atom. The number of benzene rings is 1. The molecule has 2 aromatic rings. The van der Waals surface area contributed by atoms with Gasteiger partial charge >= 0.3 is 0 Å². The molecule has 2 rings (SSSR count). The van der Waals surface area contributed by atoms with Gasteiger partial charge in [-0.1, -0.05) is 11.6 Å². The smallest absolute Gasteiger partial charge is 0.179 e. The van der Waals surface area contributed by atoms with Crippen LogP contribution in [-0.4, -0.2) is 19.2 Å². The lowest BCUT2D eigenvalue weighted by molar-refractivity contribution is 0.354. The number of thiazole rings is 1. The number of nitrogens with two attached hydrogens (primary N) is 1. The molecule has 1 heterocycles. The summed E-state index contributed by atoms with van der Waals surface area (Å²) in [6.07, 6.45) is 0.671. The first-order valence-corrected chi connectivity index (χ1v) is 7.39. The highest BCUT2D eigenvalue weighted by Gasteiger charge is 2.16. The summed E-state index contributed by atoms with van der Waals surface area (Å²) in [5.41, 5.74) is 8.15. The zero-order valence-electron chi connectivity index (χ0n) is 11.6. The summed E-state index contributed by atoms with van der Waals surface area (Å²) >= 11 is 7.81. The predicted molar refractivity (Wildman–Crippen MR) is 82.0 cm³/mol. The van der Waals surface area contributed by atoms with E-state index in [4.69, 9.17) is 26.8 Å². The predicted octanol–water partition coefficient (Wildman–Crippen LogP) is 3.36. The maximum atomic E-state index is 6.23. The van der Waals surface area contributed by atoms with Gasteiger partial charge in [-0.2, -0.15) is 0 Å². The van der Waals surface area contributed by atoms with E-state index >= 15 is 0 Å². The van der Waals surface area contributed by atoms with Gasteiger partial charge in [0.15, 0.2) is 11.5 Å². The number of aryl methyl sites for hydroxylation is 1. The van der Waals surface area contributed by atoms with Crippen molar-refractivity contribution in [2.45, 2.75) is 19.4 Å². The molecular formula is C14H17ClN2O2S. The zero-order valence-corrected chi connectivity index (χ0v) is 13.2. The molecule has 0 spiro atoms. The first-order chi connectivity index (χ1) is 9.55. The van der Waals surface area contributed by atoms with Crippen LogP contribution in [0, 0.1) is 6.92 Å². The van der Waals surface area contributed by atoms with Gasteiger partial charge in [0.05, 0.1) is 24.2 Å². The van der Waals surface area contributed by atoms with Crippen LogP contribution >= 0.6 is 22.9 Å². The van der Waals surface area contributed by atoms with E-state index in [0.29, 0.717) is 22.9 Å². The molecule has 0 saturated carbocycles. The number of rotatable bonds is 5. The first-order valence-electron chi connectivity index (χ1n) is 6.13. The number of methoxy groups -OCH3 is 2. The average Bonchev–Trinajstić information content (AvgIpc) is 2.82. The Labute approximate surface area is 127 Å². The third-order valence-corrected chi connectivity index (χ3v) is 4.21. The van der Waals surface area contributed by atoms with Gasteiger partial charge in [-0.25, -0.2) is 4.98 Å². The van der Waals surface area contributed by atoms with E-state index in [1.165, 1.54) is 0 Å². The Bertz CT molecular complexity index is 601. The summed E-state index contributed by atoms with van der Waals surface area (Å²) in [5.74, 6) is 1.11. The normalized spacial score (nSPS) is 12.2. The van der Waals surface area contributed by atoms with Gasteiger partial charge in [0.25, 0.3) is 0 Å². The minimum Gasteiger partial charge on any atom is -0.493 e. The molecule has 0 fully saturated rings. The fourth-order valence-corrected chi connectivity index (χ4v) is 3.08. The van der Waals surface area contributed by atoms with Crippen LogP contribution in [-0.2, 0) is 6.42 Å². The van der Waals surface area contributed by atoms with Gasteiger partial charge in [-0.05, 0) is 24.6 Å². The van der Waals surface area contributed by atoms with Crippen molar-refractivity contribution >= 4 is 22.9 Å². The fraction of sp³-hybridized carbons (Fsp3) is 0.357. The van der Waals surface area contributed by atoms with E-state index in [1.54, 1.807) is 25.6 Å².